The largest absolute Gasteiger partial charge is 0.481 e. The van der Waals surface area contributed by atoms with Gasteiger partial charge in [-0.1, -0.05) is 51.1 Å². The molecule has 15 heavy (non-hydrogen) atoms. The number of rotatable bonds is 2. The third kappa shape index (κ3) is 1.14. The van der Waals surface area contributed by atoms with Gasteiger partial charge in [-0.3, -0.25) is 4.79 Å². The Morgan fingerprint density at radius 1 is 1.20 bits per heavy atom. The molecule has 0 amide bonds. The molecule has 1 aromatic carbocycles. The molecule has 2 unspecified atom stereocenters. The van der Waals surface area contributed by atoms with Gasteiger partial charge in [-0.15, -0.1) is 0 Å². The topological polar surface area (TPSA) is 37.3 Å². The molecule has 0 saturated heterocycles. The summed E-state index contributed by atoms with van der Waals surface area (Å²) in [7, 11) is 0. The normalized spacial score (nSPS) is 32.3. The van der Waals surface area contributed by atoms with Crippen molar-refractivity contribution in [2.45, 2.75) is 26.2 Å². The predicted molar refractivity (Wildman–Crippen MR) is 58.7 cm³/mol. The Balaban J connectivity index is 2.43. The zero-order valence-corrected chi connectivity index (χ0v) is 9.32. The molecule has 1 fully saturated rings. The van der Waals surface area contributed by atoms with Crippen LogP contribution in [0.1, 0.15) is 26.3 Å². The summed E-state index contributed by atoms with van der Waals surface area (Å²) in [5.41, 5.74) is 0.753. The van der Waals surface area contributed by atoms with Gasteiger partial charge in [0.2, 0.25) is 0 Å². The average Bonchev–Trinajstić information content (AvgIpc) is 2.64. The maximum absolute atomic E-state index is 11.2. The van der Waals surface area contributed by atoms with Crippen LogP contribution in [0.15, 0.2) is 30.3 Å². The standard InChI is InChI=1S/C13H16O2/c1-12(2)10(11(14)15)13(12,3)9-7-5-4-6-8-9/h4-8,10H,1-3H3,(H,14,15). The van der Waals surface area contributed by atoms with Gasteiger partial charge in [0.05, 0.1) is 5.92 Å². The number of carboxylic acid groups (broad SMARTS) is 1. The van der Waals surface area contributed by atoms with Crippen molar-refractivity contribution < 1.29 is 9.90 Å². The van der Waals surface area contributed by atoms with E-state index in [1.807, 2.05) is 51.1 Å². The number of aliphatic carboxylic acids is 1. The molecular weight excluding hydrogens is 188 g/mol. The fraction of sp³-hybridized carbons (Fsp3) is 0.462. The second kappa shape index (κ2) is 2.84. The number of benzene rings is 1. The van der Waals surface area contributed by atoms with E-state index in [-0.39, 0.29) is 16.7 Å². The molecule has 1 N–H and O–H groups in total. The Labute approximate surface area is 89.9 Å². The zero-order chi connectivity index (χ0) is 11.3. The highest BCUT2D eigenvalue weighted by molar-refractivity contribution is 5.79. The number of carbonyl (C=O) groups is 1. The van der Waals surface area contributed by atoms with E-state index < -0.39 is 5.97 Å². The molecule has 2 heteroatoms. The van der Waals surface area contributed by atoms with Crippen LogP contribution in [0.4, 0.5) is 0 Å². The van der Waals surface area contributed by atoms with E-state index in [4.69, 9.17) is 0 Å². The first-order valence-corrected chi connectivity index (χ1v) is 5.20. The smallest absolute Gasteiger partial charge is 0.307 e. The van der Waals surface area contributed by atoms with E-state index in [2.05, 4.69) is 0 Å². The molecule has 2 nitrogen and oxygen atoms in total. The van der Waals surface area contributed by atoms with Crippen molar-refractivity contribution in [3.63, 3.8) is 0 Å². The van der Waals surface area contributed by atoms with Gasteiger partial charge < -0.3 is 5.11 Å². The monoisotopic (exact) mass is 204 g/mol. The third-order valence-corrected chi connectivity index (χ3v) is 4.17. The van der Waals surface area contributed by atoms with E-state index in [1.54, 1.807) is 0 Å². The van der Waals surface area contributed by atoms with Crippen LogP contribution in [0.5, 0.6) is 0 Å². The lowest BCUT2D eigenvalue weighted by Gasteiger charge is -2.14. The first-order valence-electron chi connectivity index (χ1n) is 5.20. The molecule has 0 bridgehead atoms. The summed E-state index contributed by atoms with van der Waals surface area (Å²) in [5.74, 6) is -0.959. The first-order chi connectivity index (χ1) is 6.92. The van der Waals surface area contributed by atoms with Crippen LogP contribution in [-0.4, -0.2) is 11.1 Å². The lowest BCUT2D eigenvalue weighted by atomic mass is 9.90. The van der Waals surface area contributed by atoms with Crippen molar-refractivity contribution >= 4 is 5.97 Å². The van der Waals surface area contributed by atoms with Gasteiger partial charge >= 0.3 is 5.97 Å². The van der Waals surface area contributed by atoms with Gasteiger partial charge in [0.15, 0.2) is 0 Å². The highest BCUT2D eigenvalue weighted by Crippen LogP contribution is 2.69. The van der Waals surface area contributed by atoms with E-state index in [0.29, 0.717) is 0 Å². The lowest BCUT2D eigenvalue weighted by molar-refractivity contribution is -0.139. The van der Waals surface area contributed by atoms with E-state index in [0.717, 1.165) is 5.56 Å². The summed E-state index contributed by atoms with van der Waals surface area (Å²) in [6.07, 6.45) is 0. The Morgan fingerprint density at radius 2 is 1.73 bits per heavy atom. The molecule has 0 spiro atoms. The van der Waals surface area contributed by atoms with Crippen LogP contribution in [0, 0.1) is 11.3 Å². The van der Waals surface area contributed by atoms with Gasteiger partial charge in [0.1, 0.15) is 0 Å². The van der Waals surface area contributed by atoms with E-state index in [9.17, 15) is 9.90 Å². The molecule has 80 valence electrons. The number of hydrogen-bond donors (Lipinski definition) is 1. The average molecular weight is 204 g/mol. The van der Waals surface area contributed by atoms with Crippen LogP contribution in [-0.2, 0) is 10.2 Å². The summed E-state index contributed by atoms with van der Waals surface area (Å²) in [6.45, 7) is 6.10. The molecule has 1 aliphatic rings. The van der Waals surface area contributed by atoms with E-state index >= 15 is 0 Å². The van der Waals surface area contributed by atoms with Crippen LogP contribution in [0.25, 0.3) is 0 Å². The fourth-order valence-electron chi connectivity index (χ4n) is 2.86. The predicted octanol–water partition coefficient (Wildman–Crippen LogP) is 2.68. The van der Waals surface area contributed by atoms with Crippen molar-refractivity contribution in [1.82, 2.24) is 0 Å². The molecule has 0 aromatic heterocycles. The zero-order valence-electron chi connectivity index (χ0n) is 9.32. The molecule has 1 aliphatic carbocycles. The molecule has 0 radical (unpaired) electrons. The Morgan fingerprint density at radius 3 is 2.13 bits per heavy atom. The molecule has 1 saturated carbocycles. The van der Waals surface area contributed by atoms with Gasteiger partial charge in [0, 0.05) is 5.41 Å². The summed E-state index contributed by atoms with van der Waals surface area (Å²) in [5, 5.41) is 9.19. The quantitative estimate of drug-likeness (QED) is 0.804. The molecule has 2 rings (SSSR count). The van der Waals surface area contributed by atoms with Crippen molar-refractivity contribution in [1.29, 1.82) is 0 Å². The summed E-state index contributed by atoms with van der Waals surface area (Å²) in [6, 6.07) is 9.93. The molecule has 0 aliphatic heterocycles. The summed E-state index contributed by atoms with van der Waals surface area (Å²) >= 11 is 0. The summed E-state index contributed by atoms with van der Waals surface area (Å²) in [4.78, 5) is 11.2. The van der Waals surface area contributed by atoms with Crippen LogP contribution in [0.3, 0.4) is 0 Å². The summed E-state index contributed by atoms with van der Waals surface area (Å²) < 4.78 is 0. The van der Waals surface area contributed by atoms with Crippen LogP contribution in [0.2, 0.25) is 0 Å². The third-order valence-electron chi connectivity index (χ3n) is 4.17. The van der Waals surface area contributed by atoms with Crippen molar-refractivity contribution in [2.24, 2.45) is 11.3 Å². The lowest BCUT2D eigenvalue weighted by Crippen LogP contribution is -2.11. The highest BCUT2D eigenvalue weighted by atomic mass is 16.4. The van der Waals surface area contributed by atoms with Crippen molar-refractivity contribution in [3.8, 4) is 0 Å². The minimum Gasteiger partial charge on any atom is -0.481 e. The number of hydrogen-bond acceptors (Lipinski definition) is 1. The van der Waals surface area contributed by atoms with Gasteiger partial charge in [-0.2, -0.15) is 0 Å². The molecular formula is C13H16O2. The Kier molecular flexibility index (Phi) is 1.94. The van der Waals surface area contributed by atoms with Crippen LogP contribution < -0.4 is 0 Å². The minimum absolute atomic E-state index is 0.153. The van der Waals surface area contributed by atoms with Crippen LogP contribution >= 0.6 is 0 Å². The minimum atomic E-state index is -0.689. The van der Waals surface area contributed by atoms with Crippen molar-refractivity contribution in [2.75, 3.05) is 0 Å². The second-order valence-electron chi connectivity index (χ2n) is 5.06. The SMILES string of the molecule is CC1(C)C(C(=O)O)C1(C)c1ccccc1. The highest BCUT2D eigenvalue weighted by Gasteiger charge is 2.72. The molecule has 1 aromatic rings. The first kappa shape index (κ1) is 10.2. The maximum atomic E-state index is 11.2. The second-order valence-corrected chi connectivity index (χ2v) is 5.06. The van der Waals surface area contributed by atoms with E-state index in [1.165, 1.54) is 0 Å². The fourth-order valence-corrected chi connectivity index (χ4v) is 2.86. The molecule has 2 atom stereocenters. The van der Waals surface area contributed by atoms with Gasteiger partial charge in [-0.25, -0.2) is 0 Å². The number of carboxylic acids is 1. The molecule has 0 heterocycles. The maximum Gasteiger partial charge on any atom is 0.307 e. The Bertz CT molecular complexity index is 394. The Hall–Kier alpha value is -1.31. The van der Waals surface area contributed by atoms with Gasteiger partial charge in [-0.05, 0) is 11.0 Å². The van der Waals surface area contributed by atoms with Crippen molar-refractivity contribution in [3.05, 3.63) is 35.9 Å². The van der Waals surface area contributed by atoms with Gasteiger partial charge in [0.25, 0.3) is 0 Å².